The maximum atomic E-state index is 13.1. The smallest absolute Gasteiger partial charge is 0.326 e. The van der Waals surface area contributed by atoms with Gasteiger partial charge in [-0.1, -0.05) is 46.8 Å². The highest BCUT2D eigenvalue weighted by atomic mass is 16.5. The molecule has 2 N–H and O–H groups in total. The Morgan fingerprint density at radius 3 is 2.48 bits per heavy atom. The van der Waals surface area contributed by atoms with E-state index in [1.54, 1.807) is 12.1 Å². The number of carbonyl (C=O) groups is 4. The van der Waals surface area contributed by atoms with Gasteiger partial charge in [-0.05, 0) is 60.6 Å². The van der Waals surface area contributed by atoms with Crippen LogP contribution in [0, 0.1) is 11.3 Å². The Morgan fingerprint density at radius 2 is 1.88 bits per heavy atom. The largest absolute Gasteiger partial charge is 0.454 e. The first-order valence-electron chi connectivity index (χ1n) is 11.6. The van der Waals surface area contributed by atoms with Crippen molar-refractivity contribution in [1.82, 2.24) is 10.2 Å². The monoisotopic (exact) mass is 457 g/mol. The van der Waals surface area contributed by atoms with Crippen molar-refractivity contribution in [3.63, 3.8) is 0 Å². The second-order valence-electron chi connectivity index (χ2n) is 10.4. The molecule has 33 heavy (non-hydrogen) atoms. The van der Waals surface area contributed by atoms with Crippen LogP contribution in [0.5, 0.6) is 0 Å². The summed E-state index contributed by atoms with van der Waals surface area (Å²) in [6, 6.07) is 6.93. The Balaban J connectivity index is 1.52. The predicted octanol–water partition coefficient (Wildman–Crippen LogP) is 3.82. The molecule has 3 atom stereocenters. The number of rotatable bonds is 7. The Bertz CT molecular complexity index is 926. The highest BCUT2D eigenvalue weighted by Crippen LogP contribution is 2.46. The lowest BCUT2D eigenvalue weighted by Gasteiger charge is -2.43. The SMILES string of the molecule is CC[C@H](C)c1ccc(NC(=O)COC(=O)CN2C(=O)N[C@@]3(C[C@@H](C)CC(C)(C)C3)C2=O)cc1. The van der Waals surface area contributed by atoms with E-state index in [4.69, 9.17) is 4.74 Å². The molecule has 1 heterocycles. The van der Waals surface area contributed by atoms with Crippen molar-refractivity contribution in [2.45, 2.75) is 71.8 Å². The Labute approximate surface area is 195 Å². The highest BCUT2D eigenvalue weighted by Gasteiger charge is 2.56. The van der Waals surface area contributed by atoms with Crippen LogP contribution in [0.25, 0.3) is 0 Å². The molecule has 2 fully saturated rings. The fourth-order valence-corrected chi connectivity index (χ4v) is 5.30. The van der Waals surface area contributed by atoms with E-state index in [9.17, 15) is 19.2 Å². The zero-order valence-electron chi connectivity index (χ0n) is 20.2. The van der Waals surface area contributed by atoms with E-state index >= 15 is 0 Å². The van der Waals surface area contributed by atoms with Crippen molar-refractivity contribution in [2.24, 2.45) is 11.3 Å². The minimum atomic E-state index is -0.975. The molecule has 8 nitrogen and oxygen atoms in total. The van der Waals surface area contributed by atoms with Gasteiger partial charge in [0, 0.05) is 5.69 Å². The summed E-state index contributed by atoms with van der Waals surface area (Å²) in [7, 11) is 0. The van der Waals surface area contributed by atoms with Gasteiger partial charge < -0.3 is 15.4 Å². The first-order valence-corrected chi connectivity index (χ1v) is 11.6. The van der Waals surface area contributed by atoms with Crippen LogP contribution < -0.4 is 10.6 Å². The van der Waals surface area contributed by atoms with Crippen molar-refractivity contribution in [3.8, 4) is 0 Å². The number of benzene rings is 1. The summed E-state index contributed by atoms with van der Waals surface area (Å²) < 4.78 is 5.03. The molecule has 1 aliphatic heterocycles. The summed E-state index contributed by atoms with van der Waals surface area (Å²) in [6.45, 7) is 9.47. The van der Waals surface area contributed by atoms with Gasteiger partial charge in [0.05, 0.1) is 0 Å². The quantitative estimate of drug-likeness (QED) is 0.478. The number of hydrogen-bond acceptors (Lipinski definition) is 5. The zero-order chi connectivity index (χ0) is 24.4. The van der Waals surface area contributed by atoms with E-state index in [-0.39, 0.29) is 11.3 Å². The third-order valence-electron chi connectivity index (χ3n) is 6.65. The number of hydrogen-bond donors (Lipinski definition) is 2. The number of nitrogens with zero attached hydrogens (tertiary/aromatic N) is 1. The molecule has 0 bridgehead atoms. The van der Waals surface area contributed by atoms with E-state index in [0.717, 1.165) is 17.7 Å². The summed E-state index contributed by atoms with van der Waals surface area (Å²) in [5.74, 6) is -0.983. The zero-order valence-corrected chi connectivity index (χ0v) is 20.2. The summed E-state index contributed by atoms with van der Waals surface area (Å²) in [5, 5.41) is 5.50. The van der Waals surface area contributed by atoms with Gasteiger partial charge in [0.15, 0.2) is 6.61 Å². The molecule has 0 radical (unpaired) electrons. The lowest BCUT2D eigenvalue weighted by Crippen LogP contribution is -2.54. The molecule has 180 valence electrons. The molecule has 1 saturated carbocycles. The normalized spacial score (nSPS) is 25.0. The van der Waals surface area contributed by atoms with Gasteiger partial charge in [0.2, 0.25) is 0 Å². The third-order valence-corrected chi connectivity index (χ3v) is 6.65. The van der Waals surface area contributed by atoms with Gasteiger partial charge in [-0.15, -0.1) is 0 Å². The van der Waals surface area contributed by atoms with Gasteiger partial charge in [0.25, 0.3) is 11.8 Å². The van der Waals surface area contributed by atoms with Gasteiger partial charge in [0.1, 0.15) is 12.1 Å². The average molecular weight is 458 g/mol. The van der Waals surface area contributed by atoms with E-state index < -0.39 is 42.5 Å². The number of amides is 4. The number of anilines is 1. The highest BCUT2D eigenvalue weighted by molar-refractivity contribution is 6.09. The van der Waals surface area contributed by atoms with E-state index in [1.165, 1.54) is 5.56 Å². The van der Waals surface area contributed by atoms with E-state index in [1.807, 2.05) is 12.1 Å². The molecule has 1 aliphatic carbocycles. The Kier molecular flexibility index (Phi) is 7.14. The number of esters is 1. The van der Waals surface area contributed by atoms with Crippen LogP contribution in [0.4, 0.5) is 10.5 Å². The summed E-state index contributed by atoms with van der Waals surface area (Å²) in [6.07, 6.45) is 3.07. The number of urea groups is 1. The lowest BCUT2D eigenvalue weighted by atomic mass is 9.64. The van der Waals surface area contributed by atoms with Crippen LogP contribution in [-0.2, 0) is 19.1 Å². The molecular formula is C25H35N3O5. The van der Waals surface area contributed by atoms with Crippen LogP contribution in [0.15, 0.2) is 24.3 Å². The molecule has 1 aromatic rings. The van der Waals surface area contributed by atoms with Crippen molar-refractivity contribution in [2.75, 3.05) is 18.5 Å². The first-order chi connectivity index (χ1) is 15.4. The lowest BCUT2D eigenvalue weighted by molar-refractivity contribution is -0.150. The number of ether oxygens (including phenoxy) is 1. The molecule has 1 spiro atoms. The molecule has 2 aliphatic rings. The average Bonchev–Trinajstić information content (AvgIpc) is 2.93. The van der Waals surface area contributed by atoms with E-state index in [0.29, 0.717) is 24.4 Å². The second-order valence-corrected chi connectivity index (χ2v) is 10.4. The fourth-order valence-electron chi connectivity index (χ4n) is 5.30. The minimum absolute atomic E-state index is 0.0952. The Morgan fingerprint density at radius 1 is 1.21 bits per heavy atom. The van der Waals surface area contributed by atoms with Crippen molar-refractivity contribution < 1.29 is 23.9 Å². The molecule has 3 rings (SSSR count). The van der Waals surface area contributed by atoms with Crippen LogP contribution in [-0.4, -0.2) is 47.4 Å². The second kappa shape index (κ2) is 9.53. The number of imide groups is 1. The van der Waals surface area contributed by atoms with Crippen molar-refractivity contribution in [1.29, 1.82) is 0 Å². The number of nitrogens with one attached hydrogen (secondary N) is 2. The first kappa shape index (κ1) is 24.7. The van der Waals surface area contributed by atoms with E-state index in [2.05, 4.69) is 45.3 Å². The standard InChI is InChI=1S/C25H35N3O5/c1-6-17(3)18-7-9-19(10-8-18)26-20(29)14-33-21(30)13-28-22(31)25(27-23(28)32)12-16(2)11-24(4,5)15-25/h7-10,16-17H,6,11-15H2,1-5H3,(H,26,29)(H,27,32)/t16-,17-,25+/m0/s1. The molecule has 0 aromatic heterocycles. The van der Waals surface area contributed by atoms with Gasteiger partial charge in [-0.3, -0.25) is 19.3 Å². The van der Waals surface area contributed by atoms with Gasteiger partial charge >= 0.3 is 12.0 Å². The topological polar surface area (TPSA) is 105 Å². The van der Waals surface area contributed by atoms with Gasteiger partial charge in [-0.2, -0.15) is 0 Å². The maximum Gasteiger partial charge on any atom is 0.326 e. The number of carbonyl (C=O) groups excluding carboxylic acids is 4. The molecule has 4 amide bonds. The maximum absolute atomic E-state index is 13.1. The Hall–Kier alpha value is -2.90. The summed E-state index contributed by atoms with van der Waals surface area (Å²) in [4.78, 5) is 50.9. The summed E-state index contributed by atoms with van der Waals surface area (Å²) in [5.41, 5.74) is 0.719. The van der Waals surface area contributed by atoms with Crippen LogP contribution in [0.1, 0.15) is 71.8 Å². The predicted molar refractivity (Wildman–Crippen MR) is 125 cm³/mol. The minimum Gasteiger partial charge on any atom is -0.454 e. The molecule has 1 aromatic carbocycles. The molecule has 0 unspecified atom stereocenters. The van der Waals surface area contributed by atoms with Crippen LogP contribution in [0.2, 0.25) is 0 Å². The molecular weight excluding hydrogens is 422 g/mol. The third kappa shape index (κ3) is 5.72. The van der Waals surface area contributed by atoms with Crippen LogP contribution in [0.3, 0.4) is 0 Å². The van der Waals surface area contributed by atoms with Crippen molar-refractivity contribution in [3.05, 3.63) is 29.8 Å². The molecule has 1 saturated heterocycles. The molecule has 8 heteroatoms. The van der Waals surface area contributed by atoms with Gasteiger partial charge in [-0.25, -0.2) is 4.79 Å². The fraction of sp³-hybridized carbons (Fsp3) is 0.600. The summed E-state index contributed by atoms with van der Waals surface area (Å²) >= 11 is 0. The van der Waals surface area contributed by atoms with Crippen molar-refractivity contribution >= 4 is 29.5 Å². The van der Waals surface area contributed by atoms with Crippen LogP contribution >= 0.6 is 0 Å².